The molecule has 1 aliphatic carbocycles. The molecule has 0 bridgehead atoms. The zero-order valence-electron chi connectivity index (χ0n) is 18.1. The van der Waals surface area contributed by atoms with Gasteiger partial charge in [0.2, 0.25) is 11.8 Å². The van der Waals surface area contributed by atoms with Crippen molar-refractivity contribution in [3.8, 4) is 5.75 Å². The highest BCUT2D eigenvalue weighted by Crippen LogP contribution is 2.35. The number of rotatable bonds is 8. The van der Waals surface area contributed by atoms with Crippen molar-refractivity contribution < 1.29 is 18.7 Å². The van der Waals surface area contributed by atoms with E-state index in [1.165, 1.54) is 10.9 Å². The average molecular weight is 445 g/mol. The third-order valence-corrected chi connectivity index (χ3v) is 6.84. The predicted octanol–water partition coefficient (Wildman–Crippen LogP) is 4.43. The van der Waals surface area contributed by atoms with Crippen LogP contribution in [0.25, 0.3) is 0 Å². The van der Waals surface area contributed by atoms with E-state index in [0.717, 1.165) is 24.8 Å². The molecule has 0 N–H and O–H groups in total. The summed E-state index contributed by atoms with van der Waals surface area (Å²) in [4.78, 5) is 30.9. The maximum absolute atomic E-state index is 14.0. The molecule has 2 aliphatic rings. The molecular weight excluding hydrogens is 415 g/mol. The molecule has 4 rings (SSSR count). The van der Waals surface area contributed by atoms with E-state index in [0.29, 0.717) is 13.0 Å². The lowest BCUT2D eigenvalue weighted by Gasteiger charge is -2.37. The van der Waals surface area contributed by atoms with Crippen molar-refractivity contribution >= 4 is 23.2 Å². The van der Waals surface area contributed by atoms with E-state index in [2.05, 4.69) is 0 Å². The number of carbonyl (C=O) groups is 2. The number of para-hydroxylation sites is 1. The van der Waals surface area contributed by atoms with Gasteiger partial charge in [-0.05, 0) is 54.3 Å². The van der Waals surface area contributed by atoms with Gasteiger partial charge in [-0.3, -0.25) is 9.59 Å². The highest BCUT2D eigenvalue weighted by Gasteiger charge is 2.38. The Hall–Kier alpha value is -2.41. The molecule has 1 fully saturated rings. The minimum Gasteiger partial charge on any atom is -0.488 e. The third-order valence-electron chi connectivity index (χ3n) is 5.85. The molecule has 1 atom stereocenters. The van der Waals surface area contributed by atoms with Crippen LogP contribution >= 0.6 is 11.3 Å². The van der Waals surface area contributed by atoms with E-state index in [4.69, 9.17) is 4.74 Å². The minimum atomic E-state index is -0.416. The standard InChI is InChI=1S/C24H29FN2O3S/c1-16(2)13-23(28)27(17-7-8-17)14-24(29)26-11-9-22-18(10-12-31-22)20(26)15-30-21-6-4-3-5-19(21)25/h3-6,10,12,16-17,20H,7-9,11,13-15H2,1-2H3/t20-/m1/s1. The highest BCUT2D eigenvalue weighted by molar-refractivity contribution is 7.10. The Balaban J connectivity index is 1.50. The number of ether oxygens (including phenoxy) is 1. The molecule has 0 spiro atoms. The molecule has 1 aromatic carbocycles. The van der Waals surface area contributed by atoms with Crippen LogP contribution in [0.2, 0.25) is 0 Å². The van der Waals surface area contributed by atoms with Crippen molar-refractivity contribution in [2.45, 2.75) is 51.6 Å². The van der Waals surface area contributed by atoms with Crippen molar-refractivity contribution in [3.05, 3.63) is 52.0 Å². The predicted molar refractivity (Wildman–Crippen MR) is 119 cm³/mol. The molecular formula is C24H29FN2O3S. The summed E-state index contributed by atoms with van der Waals surface area (Å²) < 4.78 is 19.9. The second-order valence-electron chi connectivity index (χ2n) is 8.74. The monoisotopic (exact) mass is 444 g/mol. The number of halogens is 1. The number of nitrogens with zero attached hydrogens (tertiary/aromatic N) is 2. The van der Waals surface area contributed by atoms with Gasteiger partial charge >= 0.3 is 0 Å². The lowest BCUT2D eigenvalue weighted by Crippen LogP contribution is -2.48. The van der Waals surface area contributed by atoms with Crippen LogP contribution < -0.4 is 4.74 Å². The molecule has 31 heavy (non-hydrogen) atoms. The smallest absolute Gasteiger partial charge is 0.242 e. The highest BCUT2D eigenvalue weighted by atomic mass is 32.1. The van der Waals surface area contributed by atoms with E-state index >= 15 is 0 Å². The van der Waals surface area contributed by atoms with E-state index in [-0.39, 0.29) is 48.7 Å². The molecule has 2 heterocycles. The van der Waals surface area contributed by atoms with E-state index in [1.807, 2.05) is 30.2 Å². The zero-order chi connectivity index (χ0) is 22.0. The molecule has 0 saturated heterocycles. The summed E-state index contributed by atoms with van der Waals surface area (Å²) in [6.45, 7) is 4.90. The Bertz CT molecular complexity index is 940. The fourth-order valence-corrected chi connectivity index (χ4v) is 5.04. The largest absolute Gasteiger partial charge is 0.488 e. The normalized spacial score (nSPS) is 18.1. The van der Waals surface area contributed by atoms with E-state index in [9.17, 15) is 14.0 Å². The maximum atomic E-state index is 14.0. The molecule has 0 unspecified atom stereocenters. The van der Waals surface area contributed by atoms with Crippen LogP contribution in [-0.4, -0.2) is 47.4 Å². The Labute approximate surface area is 186 Å². The van der Waals surface area contributed by atoms with Crippen molar-refractivity contribution in [2.75, 3.05) is 19.7 Å². The van der Waals surface area contributed by atoms with Gasteiger partial charge in [0.05, 0.1) is 6.04 Å². The van der Waals surface area contributed by atoms with Crippen LogP contribution in [0.5, 0.6) is 5.75 Å². The molecule has 166 valence electrons. The molecule has 0 radical (unpaired) electrons. The first-order valence-corrected chi connectivity index (χ1v) is 11.8. The number of amides is 2. The van der Waals surface area contributed by atoms with Crippen molar-refractivity contribution in [3.63, 3.8) is 0 Å². The number of carbonyl (C=O) groups excluding carboxylic acids is 2. The van der Waals surface area contributed by atoms with Crippen LogP contribution in [0.3, 0.4) is 0 Å². The lowest BCUT2D eigenvalue weighted by atomic mass is 10.00. The summed E-state index contributed by atoms with van der Waals surface area (Å²) >= 11 is 1.68. The SMILES string of the molecule is CC(C)CC(=O)N(CC(=O)N1CCc2sccc2[C@H]1COc1ccccc1F)C1CC1. The van der Waals surface area contributed by atoms with E-state index in [1.54, 1.807) is 34.4 Å². The Kier molecular flexibility index (Phi) is 6.60. The van der Waals surface area contributed by atoms with Crippen LogP contribution in [0.4, 0.5) is 4.39 Å². The number of benzene rings is 1. The molecule has 1 saturated carbocycles. The number of fused-ring (bicyclic) bond motifs is 1. The maximum Gasteiger partial charge on any atom is 0.242 e. The summed E-state index contributed by atoms with van der Waals surface area (Å²) in [6.07, 6.45) is 3.17. The molecule has 7 heteroatoms. The van der Waals surface area contributed by atoms with Crippen LogP contribution in [-0.2, 0) is 16.0 Å². The summed E-state index contributed by atoms with van der Waals surface area (Å²) in [5, 5.41) is 2.03. The van der Waals surface area contributed by atoms with Gasteiger partial charge in [0.1, 0.15) is 13.2 Å². The summed E-state index contributed by atoms with van der Waals surface area (Å²) in [5.74, 6) is 0.0141. The van der Waals surface area contributed by atoms with Gasteiger partial charge in [0, 0.05) is 23.9 Å². The van der Waals surface area contributed by atoms with Gasteiger partial charge in [-0.25, -0.2) is 4.39 Å². The van der Waals surface area contributed by atoms with Gasteiger partial charge in [-0.1, -0.05) is 26.0 Å². The van der Waals surface area contributed by atoms with E-state index < -0.39 is 5.82 Å². The van der Waals surface area contributed by atoms with Gasteiger partial charge in [0.25, 0.3) is 0 Å². The first-order chi connectivity index (χ1) is 14.9. The fraction of sp³-hybridized carbons (Fsp3) is 0.500. The van der Waals surface area contributed by atoms with Crippen LogP contribution in [0.1, 0.15) is 49.6 Å². The average Bonchev–Trinajstić information content (AvgIpc) is 3.46. The molecule has 2 amide bonds. The van der Waals surface area contributed by atoms with Crippen molar-refractivity contribution in [2.24, 2.45) is 5.92 Å². The van der Waals surface area contributed by atoms with Gasteiger partial charge in [0.15, 0.2) is 11.6 Å². The summed E-state index contributed by atoms with van der Waals surface area (Å²) in [5.41, 5.74) is 1.06. The third kappa shape index (κ3) is 5.09. The first-order valence-electron chi connectivity index (χ1n) is 11.0. The van der Waals surface area contributed by atoms with Gasteiger partial charge < -0.3 is 14.5 Å². The van der Waals surface area contributed by atoms with Crippen molar-refractivity contribution in [1.29, 1.82) is 0 Å². The molecule has 2 aromatic rings. The second kappa shape index (κ2) is 9.39. The Morgan fingerprint density at radius 1 is 1.26 bits per heavy atom. The molecule has 1 aliphatic heterocycles. The quantitative estimate of drug-likeness (QED) is 0.605. The summed E-state index contributed by atoms with van der Waals surface area (Å²) in [6, 6.07) is 8.23. The van der Waals surface area contributed by atoms with Gasteiger partial charge in [-0.2, -0.15) is 0 Å². The lowest BCUT2D eigenvalue weighted by molar-refractivity contribution is -0.143. The topological polar surface area (TPSA) is 49.9 Å². The minimum absolute atomic E-state index is 0.0539. The fourth-order valence-electron chi connectivity index (χ4n) is 4.12. The zero-order valence-corrected chi connectivity index (χ0v) is 18.9. The Morgan fingerprint density at radius 2 is 2.03 bits per heavy atom. The van der Waals surface area contributed by atoms with Crippen LogP contribution in [0.15, 0.2) is 35.7 Å². The molecule has 1 aromatic heterocycles. The summed E-state index contributed by atoms with van der Waals surface area (Å²) in [7, 11) is 0. The van der Waals surface area contributed by atoms with Crippen molar-refractivity contribution in [1.82, 2.24) is 9.80 Å². The molecule has 5 nitrogen and oxygen atoms in total. The number of hydrogen-bond donors (Lipinski definition) is 0. The Morgan fingerprint density at radius 3 is 2.74 bits per heavy atom. The second-order valence-corrected chi connectivity index (χ2v) is 9.74. The van der Waals surface area contributed by atoms with Gasteiger partial charge in [-0.15, -0.1) is 11.3 Å². The number of thiophene rings is 1. The first kappa shape index (κ1) is 21.8. The number of hydrogen-bond acceptors (Lipinski definition) is 4. The van der Waals surface area contributed by atoms with Crippen LogP contribution in [0, 0.1) is 11.7 Å².